The van der Waals surface area contributed by atoms with Gasteiger partial charge in [0, 0.05) is 0 Å². The van der Waals surface area contributed by atoms with Crippen LogP contribution in [0.5, 0.6) is 0 Å². The van der Waals surface area contributed by atoms with E-state index in [9.17, 15) is 35.1 Å². The van der Waals surface area contributed by atoms with Crippen molar-refractivity contribution in [1.82, 2.24) is 0 Å². The van der Waals surface area contributed by atoms with Gasteiger partial charge in [-0.3, -0.25) is 0 Å². The van der Waals surface area contributed by atoms with Gasteiger partial charge in [-0.1, -0.05) is 0 Å². The van der Waals surface area contributed by atoms with Gasteiger partial charge in [-0.05, 0) is 13.2 Å². The molecule has 0 saturated heterocycles. The lowest BCUT2D eigenvalue weighted by Crippen LogP contribution is -1.56. The monoisotopic (exact) mass is 228 g/mol. The van der Waals surface area contributed by atoms with Crippen LogP contribution in [0.15, 0.2) is 37.5 Å². The number of hydrogen-bond acceptors (Lipinski definition) is 0. The summed E-state index contributed by atoms with van der Waals surface area (Å²) in [7, 11) is 0. The molecule has 0 N–H and O–H groups in total. The van der Waals surface area contributed by atoms with Crippen LogP contribution in [-0.4, -0.2) is 0 Å². The average Bonchev–Trinajstić information content (AvgIpc) is 1.83. The molecule has 0 radical (unpaired) electrons. The first-order valence-corrected chi connectivity index (χ1v) is 2.47. The van der Waals surface area contributed by atoms with E-state index in [1.165, 1.54) is 0 Å². The maximum absolute atomic E-state index is 10.3. The van der Waals surface area contributed by atoms with Crippen molar-refractivity contribution in [3.63, 3.8) is 0 Å². The highest BCUT2D eigenvalue weighted by Crippen LogP contribution is 2.08. The predicted octanol–water partition coefficient (Wildman–Crippen LogP) is 4.78. The van der Waals surface area contributed by atoms with Crippen molar-refractivity contribution >= 4 is 0 Å². The van der Waals surface area contributed by atoms with Gasteiger partial charge >= 0.3 is 12.2 Å². The molecular formula is C6H4F8. The van der Waals surface area contributed by atoms with E-state index in [1.807, 2.05) is 0 Å². The normalized spacial score (nSPS) is 7.14. The minimum atomic E-state index is -2.91. The Morgan fingerprint density at radius 2 is 0.571 bits per heavy atom. The van der Waals surface area contributed by atoms with Gasteiger partial charge in [0.15, 0.2) is 0 Å². The van der Waals surface area contributed by atoms with Gasteiger partial charge in [-0.15, -0.1) is 0 Å². The lowest BCUT2D eigenvalue weighted by molar-refractivity contribution is 0.308. The third-order valence-electron chi connectivity index (χ3n) is 0.143. The van der Waals surface area contributed by atoms with E-state index in [1.54, 1.807) is 0 Å². The Morgan fingerprint density at radius 3 is 0.571 bits per heavy atom. The molecule has 0 amide bonds. The Hall–Kier alpha value is -1.34. The van der Waals surface area contributed by atoms with Crippen molar-refractivity contribution in [1.29, 1.82) is 0 Å². The van der Waals surface area contributed by atoms with Gasteiger partial charge < -0.3 is 0 Å². The van der Waals surface area contributed by atoms with E-state index in [-0.39, 0.29) is 0 Å². The molecule has 8 heteroatoms. The molecule has 0 aliphatic carbocycles. The SMILES string of the molecule is C=C(F)F.C=C(F)F.FC(F)=C(F)F. The zero-order valence-corrected chi connectivity index (χ0v) is 6.44. The molecule has 14 heavy (non-hydrogen) atoms. The fourth-order valence-corrected chi connectivity index (χ4v) is 0. The highest BCUT2D eigenvalue weighted by atomic mass is 19.3. The maximum Gasteiger partial charge on any atom is 0.334 e. The molecule has 0 nitrogen and oxygen atoms in total. The molecule has 0 aromatic heterocycles. The summed E-state index contributed by atoms with van der Waals surface area (Å²) < 4.78 is 81.7. The van der Waals surface area contributed by atoms with E-state index in [0.717, 1.165) is 0 Å². The van der Waals surface area contributed by atoms with Crippen molar-refractivity contribution < 1.29 is 35.1 Å². The van der Waals surface area contributed by atoms with E-state index < -0.39 is 24.3 Å². The van der Waals surface area contributed by atoms with Crippen molar-refractivity contribution in [2.75, 3.05) is 0 Å². The summed E-state index contributed by atoms with van der Waals surface area (Å²) >= 11 is 0. The summed E-state index contributed by atoms with van der Waals surface area (Å²) in [6.07, 6.45) is -9.48. The predicted molar refractivity (Wildman–Crippen MR) is 34.2 cm³/mol. The number of rotatable bonds is 0. The Morgan fingerprint density at radius 1 is 0.500 bits per heavy atom. The molecule has 0 aromatic rings. The molecule has 0 atom stereocenters. The molecule has 0 aliphatic heterocycles. The Balaban J connectivity index is -0.000000135. The Bertz CT molecular complexity index is 168. The standard InChI is InChI=1S/C2F4.2C2H2F2/c3-1(4)2(5)6;2*1-2(3)4/h;2*1H2. The molecule has 0 unspecified atom stereocenters. The van der Waals surface area contributed by atoms with Gasteiger partial charge in [0.05, 0.1) is 0 Å². The first-order chi connectivity index (χ1) is 6.11. The molecular weight excluding hydrogens is 224 g/mol. The Kier molecular flexibility index (Phi) is 15.4. The van der Waals surface area contributed by atoms with E-state index in [2.05, 4.69) is 13.2 Å². The fourth-order valence-electron chi connectivity index (χ4n) is 0. The molecule has 0 bridgehead atoms. The second kappa shape index (κ2) is 11.7. The summed E-state index contributed by atoms with van der Waals surface area (Å²) in [6.45, 7) is 4.44. The van der Waals surface area contributed by atoms with Crippen molar-refractivity contribution in [3.05, 3.63) is 37.5 Å². The molecule has 0 aromatic carbocycles. The van der Waals surface area contributed by atoms with Crippen molar-refractivity contribution in [3.8, 4) is 0 Å². The third kappa shape index (κ3) is 141. The third-order valence-corrected chi connectivity index (χ3v) is 0.143. The van der Waals surface area contributed by atoms with Gasteiger partial charge in [-0.2, -0.15) is 35.1 Å². The van der Waals surface area contributed by atoms with Crippen LogP contribution in [0.2, 0.25) is 0 Å². The summed E-state index contributed by atoms with van der Waals surface area (Å²) in [5, 5.41) is 0. The van der Waals surface area contributed by atoms with Gasteiger partial charge in [0.25, 0.3) is 12.2 Å². The van der Waals surface area contributed by atoms with Crippen molar-refractivity contribution in [2.24, 2.45) is 0 Å². The van der Waals surface area contributed by atoms with Crippen LogP contribution in [0, 0.1) is 0 Å². The van der Waals surface area contributed by atoms with Crippen LogP contribution in [-0.2, 0) is 0 Å². The largest absolute Gasteiger partial charge is 0.334 e. The van der Waals surface area contributed by atoms with Crippen LogP contribution < -0.4 is 0 Å². The summed E-state index contributed by atoms with van der Waals surface area (Å²) in [5.74, 6) is 0. The van der Waals surface area contributed by atoms with Crippen LogP contribution >= 0.6 is 0 Å². The summed E-state index contributed by atoms with van der Waals surface area (Å²) in [4.78, 5) is 0. The average molecular weight is 228 g/mol. The fraction of sp³-hybridized carbons (Fsp3) is 0. The highest BCUT2D eigenvalue weighted by molar-refractivity contribution is 4.77. The molecule has 0 fully saturated rings. The lowest BCUT2D eigenvalue weighted by atomic mass is 11.1. The molecule has 0 heterocycles. The molecule has 84 valence electrons. The molecule has 0 saturated carbocycles. The second-order valence-corrected chi connectivity index (χ2v) is 1.20. The molecule has 0 rings (SSSR count). The molecule has 0 aliphatic rings. The zero-order valence-electron chi connectivity index (χ0n) is 6.44. The second-order valence-electron chi connectivity index (χ2n) is 1.20. The van der Waals surface area contributed by atoms with Crippen LogP contribution in [0.4, 0.5) is 35.1 Å². The zero-order chi connectivity index (χ0) is 12.3. The van der Waals surface area contributed by atoms with E-state index in [0.29, 0.717) is 0 Å². The maximum atomic E-state index is 10.3. The molecule has 0 spiro atoms. The minimum Gasteiger partial charge on any atom is -0.174 e. The van der Waals surface area contributed by atoms with Crippen LogP contribution in [0.3, 0.4) is 0 Å². The van der Waals surface area contributed by atoms with Crippen LogP contribution in [0.1, 0.15) is 0 Å². The van der Waals surface area contributed by atoms with E-state index >= 15 is 0 Å². The van der Waals surface area contributed by atoms with Gasteiger partial charge in [0.1, 0.15) is 0 Å². The van der Waals surface area contributed by atoms with Gasteiger partial charge in [0.2, 0.25) is 0 Å². The number of hydrogen-bond donors (Lipinski definition) is 0. The topological polar surface area (TPSA) is 0 Å². The summed E-state index contributed by atoms with van der Waals surface area (Å²) in [6, 6.07) is 0. The van der Waals surface area contributed by atoms with Gasteiger partial charge in [-0.25, -0.2) is 0 Å². The summed E-state index contributed by atoms with van der Waals surface area (Å²) in [5.41, 5.74) is 0. The van der Waals surface area contributed by atoms with Crippen molar-refractivity contribution in [2.45, 2.75) is 0 Å². The minimum absolute atomic E-state index is 1.83. The van der Waals surface area contributed by atoms with E-state index in [4.69, 9.17) is 0 Å². The number of halogens is 8. The highest BCUT2D eigenvalue weighted by Gasteiger charge is 1.98. The van der Waals surface area contributed by atoms with Crippen LogP contribution in [0.25, 0.3) is 0 Å². The first kappa shape index (κ1) is 18.4. The lowest BCUT2D eigenvalue weighted by Gasteiger charge is -1.69. The Labute approximate surface area is 73.8 Å². The first-order valence-electron chi connectivity index (χ1n) is 2.47. The smallest absolute Gasteiger partial charge is 0.174 e. The quantitative estimate of drug-likeness (QED) is 0.523.